The molecule has 0 saturated carbocycles. The third-order valence-electron chi connectivity index (χ3n) is 2.13. The summed E-state index contributed by atoms with van der Waals surface area (Å²) < 4.78 is 25.4. The van der Waals surface area contributed by atoms with Crippen LogP contribution in [0, 0.1) is 5.41 Å². The number of hydrogen-bond acceptors (Lipinski definition) is 2. The van der Waals surface area contributed by atoms with Gasteiger partial charge in [0.2, 0.25) is 10.0 Å². The highest BCUT2D eigenvalue weighted by Gasteiger charge is 2.23. The number of nitrogens with one attached hydrogen (secondary N) is 1. The maximum Gasteiger partial charge on any atom is 0.211 e. The van der Waals surface area contributed by atoms with Crippen LogP contribution in [0.5, 0.6) is 0 Å². The van der Waals surface area contributed by atoms with E-state index in [0.717, 1.165) is 0 Å². The lowest BCUT2D eigenvalue weighted by atomic mass is 9.89. The van der Waals surface area contributed by atoms with Crippen LogP contribution in [-0.4, -0.2) is 20.2 Å². The van der Waals surface area contributed by atoms with Gasteiger partial charge < -0.3 is 0 Å². The monoisotopic (exact) mass is 207 g/mol. The number of hydrogen-bond donors (Lipinski definition) is 1. The summed E-state index contributed by atoms with van der Waals surface area (Å²) in [4.78, 5) is 0. The smallest absolute Gasteiger partial charge is 0.211 e. The van der Waals surface area contributed by atoms with Gasteiger partial charge in [-0.3, -0.25) is 0 Å². The van der Waals surface area contributed by atoms with Gasteiger partial charge in [0.05, 0.1) is 5.75 Å². The van der Waals surface area contributed by atoms with Crippen molar-refractivity contribution < 1.29 is 8.42 Å². The summed E-state index contributed by atoms with van der Waals surface area (Å²) in [5.74, 6) is 0.216. The van der Waals surface area contributed by atoms with E-state index < -0.39 is 10.0 Å². The van der Waals surface area contributed by atoms with Gasteiger partial charge in [0.25, 0.3) is 0 Å². The Kier molecular flexibility index (Phi) is 4.39. The summed E-state index contributed by atoms with van der Waals surface area (Å²) in [6.07, 6.45) is 0.659. The molecule has 13 heavy (non-hydrogen) atoms. The minimum Gasteiger partial charge on any atom is -0.212 e. The first-order chi connectivity index (χ1) is 5.69. The molecule has 0 aromatic carbocycles. The lowest BCUT2D eigenvalue weighted by Gasteiger charge is -2.27. The minimum atomic E-state index is -3.06. The molecule has 0 aliphatic rings. The molecule has 0 aromatic heterocycles. The molecule has 0 radical (unpaired) electrons. The SMILES string of the molecule is CCCS(=O)(=O)NC(C)C(C)(C)C. The van der Waals surface area contributed by atoms with Gasteiger partial charge in [-0.25, -0.2) is 13.1 Å². The summed E-state index contributed by atoms with van der Waals surface area (Å²) in [6.45, 7) is 9.82. The molecular formula is C9H21NO2S. The van der Waals surface area contributed by atoms with Crippen LogP contribution in [-0.2, 0) is 10.0 Å². The highest BCUT2D eigenvalue weighted by Crippen LogP contribution is 2.19. The molecule has 0 fully saturated rings. The summed E-state index contributed by atoms with van der Waals surface area (Å²) >= 11 is 0. The van der Waals surface area contributed by atoms with Gasteiger partial charge >= 0.3 is 0 Å². The lowest BCUT2D eigenvalue weighted by molar-refractivity contribution is 0.317. The highest BCUT2D eigenvalue weighted by atomic mass is 32.2. The van der Waals surface area contributed by atoms with Crippen molar-refractivity contribution in [3.8, 4) is 0 Å². The maximum atomic E-state index is 11.4. The first-order valence-corrected chi connectivity index (χ1v) is 6.34. The molecule has 0 bridgehead atoms. The first-order valence-electron chi connectivity index (χ1n) is 4.69. The van der Waals surface area contributed by atoms with Crippen LogP contribution in [0.2, 0.25) is 0 Å². The average Bonchev–Trinajstić information content (AvgIpc) is 1.83. The van der Waals surface area contributed by atoms with Gasteiger partial charge in [-0.1, -0.05) is 27.7 Å². The third kappa shape index (κ3) is 5.26. The van der Waals surface area contributed by atoms with Crippen molar-refractivity contribution in [3.05, 3.63) is 0 Å². The average molecular weight is 207 g/mol. The summed E-state index contributed by atoms with van der Waals surface area (Å²) in [6, 6.07) is -0.0240. The Labute approximate surface area is 82.0 Å². The Morgan fingerprint density at radius 3 is 2.08 bits per heavy atom. The van der Waals surface area contributed by atoms with E-state index in [9.17, 15) is 8.42 Å². The molecule has 0 aliphatic heterocycles. The zero-order chi connectivity index (χ0) is 10.7. The number of rotatable bonds is 4. The van der Waals surface area contributed by atoms with Gasteiger partial charge in [-0.05, 0) is 18.8 Å². The second-order valence-electron chi connectivity index (χ2n) is 4.52. The topological polar surface area (TPSA) is 46.2 Å². The zero-order valence-corrected chi connectivity index (χ0v) is 10.0. The molecule has 0 heterocycles. The van der Waals surface area contributed by atoms with E-state index in [1.165, 1.54) is 0 Å². The molecule has 0 saturated heterocycles. The fourth-order valence-corrected chi connectivity index (χ4v) is 2.32. The molecule has 1 unspecified atom stereocenters. The fraction of sp³-hybridized carbons (Fsp3) is 1.00. The lowest BCUT2D eigenvalue weighted by Crippen LogP contribution is -2.42. The van der Waals surface area contributed by atoms with E-state index in [1.54, 1.807) is 0 Å². The van der Waals surface area contributed by atoms with E-state index in [2.05, 4.69) is 4.72 Å². The maximum absolute atomic E-state index is 11.4. The summed E-state index contributed by atoms with van der Waals surface area (Å²) in [5.41, 5.74) is -0.0270. The molecule has 80 valence electrons. The van der Waals surface area contributed by atoms with Crippen LogP contribution in [0.25, 0.3) is 0 Å². The van der Waals surface area contributed by atoms with Gasteiger partial charge in [-0.15, -0.1) is 0 Å². The molecule has 0 spiro atoms. The van der Waals surface area contributed by atoms with E-state index in [-0.39, 0.29) is 17.2 Å². The van der Waals surface area contributed by atoms with Crippen LogP contribution in [0.4, 0.5) is 0 Å². The van der Waals surface area contributed by atoms with Crippen molar-refractivity contribution in [2.75, 3.05) is 5.75 Å². The van der Waals surface area contributed by atoms with Crippen molar-refractivity contribution >= 4 is 10.0 Å². The Morgan fingerprint density at radius 1 is 1.31 bits per heavy atom. The predicted octanol–water partition coefficient (Wildman–Crippen LogP) is 1.75. The highest BCUT2D eigenvalue weighted by molar-refractivity contribution is 7.89. The van der Waals surface area contributed by atoms with Gasteiger partial charge in [0.15, 0.2) is 0 Å². The normalized spacial score (nSPS) is 15.8. The van der Waals surface area contributed by atoms with Crippen molar-refractivity contribution in [2.45, 2.75) is 47.1 Å². The van der Waals surface area contributed by atoms with Crippen LogP contribution >= 0.6 is 0 Å². The molecule has 4 heteroatoms. The first kappa shape index (κ1) is 12.9. The second kappa shape index (κ2) is 4.42. The quantitative estimate of drug-likeness (QED) is 0.763. The van der Waals surface area contributed by atoms with Crippen LogP contribution in [0.1, 0.15) is 41.0 Å². The van der Waals surface area contributed by atoms with Gasteiger partial charge in [0, 0.05) is 6.04 Å². The van der Waals surface area contributed by atoms with Crippen molar-refractivity contribution in [1.82, 2.24) is 4.72 Å². The third-order valence-corrected chi connectivity index (χ3v) is 3.79. The largest absolute Gasteiger partial charge is 0.212 e. The Bertz CT molecular complexity index is 239. The molecule has 3 nitrogen and oxygen atoms in total. The molecule has 0 amide bonds. The summed E-state index contributed by atoms with van der Waals surface area (Å²) in [7, 11) is -3.06. The molecule has 1 atom stereocenters. The van der Waals surface area contributed by atoms with E-state index in [1.807, 2.05) is 34.6 Å². The van der Waals surface area contributed by atoms with Gasteiger partial charge in [-0.2, -0.15) is 0 Å². The Hall–Kier alpha value is -0.0900. The molecule has 0 aliphatic carbocycles. The molecule has 1 N–H and O–H groups in total. The minimum absolute atomic E-state index is 0.0240. The van der Waals surface area contributed by atoms with E-state index in [0.29, 0.717) is 6.42 Å². The van der Waals surface area contributed by atoms with E-state index >= 15 is 0 Å². The van der Waals surface area contributed by atoms with Crippen LogP contribution in [0.3, 0.4) is 0 Å². The van der Waals surface area contributed by atoms with Crippen molar-refractivity contribution in [3.63, 3.8) is 0 Å². The van der Waals surface area contributed by atoms with Crippen molar-refractivity contribution in [1.29, 1.82) is 0 Å². The zero-order valence-electron chi connectivity index (χ0n) is 9.22. The summed E-state index contributed by atoms with van der Waals surface area (Å²) in [5, 5.41) is 0. The predicted molar refractivity (Wildman–Crippen MR) is 56.1 cm³/mol. The molecule has 0 rings (SSSR count). The van der Waals surface area contributed by atoms with Gasteiger partial charge in [0.1, 0.15) is 0 Å². The standard InChI is InChI=1S/C9H21NO2S/c1-6-7-13(11,12)10-8(2)9(3,4)5/h8,10H,6-7H2,1-5H3. The fourth-order valence-electron chi connectivity index (χ4n) is 0.774. The van der Waals surface area contributed by atoms with E-state index in [4.69, 9.17) is 0 Å². The van der Waals surface area contributed by atoms with Crippen LogP contribution in [0.15, 0.2) is 0 Å². The van der Waals surface area contributed by atoms with Crippen LogP contribution < -0.4 is 4.72 Å². The number of sulfonamides is 1. The Balaban J connectivity index is 4.29. The Morgan fingerprint density at radius 2 is 1.77 bits per heavy atom. The van der Waals surface area contributed by atoms with Crippen molar-refractivity contribution in [2.24, 2.45) is 5.41 Å². The molecular weight excluding hydrogens is 186 g/mol. The molecule has 0 aromatic rings. The second-order valence-corrected chi connectivity index (χ2v) is 6.40.